The van der Waals surface area contributed by atoms with Crippen molar-refractivity contribution in [3.63, 3.8) is 0 Å². The molecule has 0 aliphatic heterocycles. The number of halogens is 2. The number of hydrogen-bond donors (Lipinski definition) is 2. The molecule has 0 aromatic heterocycles. The zero-order valence-electron chi connectivity index (χ0n) is 12.5. The molecule has 2 aromatic rings. The molecule has 0 spiro atoms. The Balaban J connectivity index is 1.98. The van der Waals surface area contributed by atoms with Gasteiger partial charge in [-0.1, -0.05) is 41.4 Å². The van der Waals surface area contributed by atoms with Crippen LogP contribution in [0.25, 0.3) is 0 Å². The highest BCUT2D eigenvalue weighted by molar-refractivity contribution is 6.45. The molecule has 0 aliphatic carbocycles. The number of hydrazone groups is 1. The van der Waals surface area contributed by atoms with E-state index in [2.05, 4.69) is 15.8 Å². The predicted molar refractivity (Wildman–Crippen MR) is 93.8 cm³/mol. The lowest BCUT2D eigenvalue weighted by molar-refractivity contribution is -0.136. The highest BCUT2D eigenvalue weighted by atomic mass is 35.5. The van der Waals surface area contributed by atoms with E-state index >= 15 is 0 Å². The van der Waals surface area contributed by atoms with Crippen molar-refractivity contribution >= 4 is 46.9 Å². The second-order valence-electron chi connectivity index (χ2n) is 4.50. The second kappa shape index (κ2) is 8.33. The first kappa shape index (κ1) is 17.8. The standard InChI is InChI=1S/C16H13Cl2N3O3/c1-24-13-8-3-2-5-10(13)9-19-21-16(23)15(22)20-12-7-4-6-11(17)14(12)18/h2-9H,1H3,(H,20,22)(H,21,23)/b19-9+. The summed E-state index contributed by atoms with van der Waals surface area (Å²) in [6, 6.07) is 11.8. The van der Waals surface area contributed by atoms with E-state index in [-0.39, 0.29) is 15.7 Å². The summed E-state index contributed by atoms with van der Waals surface area (Å²) in [4.78, 5) is 23.6. The van der Waals surface area contributed by atoms with E-state index in [1.165, 1.54) is 19.4 Å². The minimum Gasteiger partial charge on any atom is -0.496 e. The molecule has 0 heterocycles. The molecular formula is C16H13Cl2N3O3. The van der Waals surface area contributed by atoms with E-state index in [1.807, 2.05) is 0 Å². The fraction of sp³-hybridized carbons (Fsp3) is 0.0625. The summed E-state index contributed by atoms with van der Waals surface area (Å²) in [7, 11) is 1.52. The molecule has 0 saturated carbocycles. The van der Waals surface area contributed by atoms with Gasteiger partial charge in [-0.15, -0.1) is 0 Å². The van der Waals surface area contributed by atoms with Gasteiger partial charge in [0.25, 0.3) is 0 Å². The highest BCUT2D eigenvalue weighted by Gasteiger charge is 2.15. The molecule has 0 aliphatic rings. The minimum atomic E-state index is -0.947. The van der Waals surface area contributed by atoms with Crippen LogP contribution in [0.15, 0.2) is 47.6 Å². The van der Waals surface area contributed by atoms with Gasteiger partial charge in [-0.3, -0.25) is 9.59 Å². The number of amides is 2. The number of benzene rings is 2. The van der Waals surface area contributed by atoms with Crippen molar-refractivity contribution in [2.45, 2.75) is 0 Å². The number of nitrogens with zero attached hydrogens (tertiary/aromatic N) is 1. The van der Waals surface area contributed by atoms with Crippen molar-refractivity contribution in [1.29, 1.82) is 0 Å². The highest BCUT2D eigenvalue weighted by Crippen LogP contribution is 2.29. The van der Waals surface area contributed by atoms with Crippen LogP contribution in [0.3, 0.4) is 0 Å². The summed E-state index contributed by atoms with van der Waals surface area (Å²) < 4.78 is 5.14. The number of ether oxygens (including phenoxy) is 1. The van der Waals surface area contributed by atoms with Crippen LogP contribution in [0.1, 0.15) is 5.56 Å². The Morgan fingerprint density at radius 3 is 2.58 bits per heavy atom. The van der Waals surface area contributed by atoms with Gasteiger partial charge < -0.3 is 10.1 Å². The van der Waals surface area contributed by atoms with Gasteiger partial charge in [0.2, 0.25) is 0 Å². The van der Waals surface area contributed by atoms with Gasteiger partial charge in [0.1, 0.15) is 5.75 Å². The fourth-order valence-electron chi connectivity index (χ4n) is 1.76. The van der Waals surface area contributed by atoms with E-state index in [1.54, 1.807) is 36.4 Å². The molecule has 124 valence electrons. The number of anilines is 1. The second-order valence-corrected chi connectivity index (χ2v) is 5.28. The van der Waals surface area contributed by atoms with Crippen LogP contribution in [-0.4, -0.2) is 25.1 Å². The van der Waals surface area contributed by atoms with Crippen LogP contribution >= 0.6 is 23.2 Å². The Kier molecular flexibility index (Phi) is 6.17. The first-order valence-electron chi connectivity index (χ1n) is 6.74. The van der Waals surface area contributed by atoms with Gasteiger partial charge in [0.15, 0.2) is 0 Å². The van der Waals surface area contributed by atoms with Crippen molar-refractivity contribution in [3.05, 3.63) is 58.1 Å². The third kappa shape index (κ3) is 4.47. The van der Waals surface area contributed by atoms with Crippen LogP contribution in [0.2, 0.25) is 10.0 Å². The third-order valence-corrected chi connectivity index (χ3v) is 3.73. The van der Waals surface area contributed by atoms with Gasteiger partial charge in [0, 0.05) is 5.56 Å². The van der Waals surface area contributed by atoms with Crippen LogP contribution in [-0.2, 0) is 9.59 Å². The van der Waals surface area contributed by atoms with Crippen molar-refractivity contribution in [2.24, 2.45) is 5.10 Å². The summed E-state index contributed by atoms with van der Waals surface area (Å²) in [6.45, 7) is 0. The summed E-state index contributed by atoms with van der Waals surface area (Å²) in [5.41, 5.74) is 3.01. The van der Waals surface area contributed by atoms with Crippen molar-refractivity contribution < 1.29 is 14.3 Å². The summed E-state index contributed by atoms with van der Waals surface area (Å²) in [6.07, 6.45) is 1.37. The Hall–Kier alpha value is -2.57. The molecule has 6 nitrogen and oxygen atoms in total. The van der Waals surface area contributed by atoms with E-state index in [4.69, 9.17) is 27.9 Å². The topological polar surface area (TPSA) is 79.8 Å². The molecule has 0 radical (unpaired) electrons. The molecule has 2 N–H and O–H groups in total. The van der Waals surface area contributed by atoms with E-state index in [9.17, 15) is 9.59 Å². The molecule has 0 saturated heterocycles. The monoisotopic (exact) mass is 365 g/mol. The van der Waals surface area contributed by atoms with E-state index < -0.39 is 11.8 Å². The molecule has 0 unspecified atom stereocenters. The lowest BCUT2D eigenvalue weighted by Crippen LogP contribution is -2.32. The molecule has 2 rings (SSSR count). The average molecular weight is 366 g/mol. The zero-order valence-corrected chi connectivity index (χ0v) is 14.1. The van der Waals surface area contributed by atoms with Crippen LogP contribution in [0.5, 0.6) is 5.75 Å². The number of carbonyl (C=O) groups is 2. The average Bonchev–Trinajstić information content (AvgIpc) is 2.59. The fourth-order valence-corrected chi connectivity index (χ4v) is 2.11. The molecular weight excluding hydrogens is 353 g/mol. The number of methoxy groups -OCH3 is 1. The normalized spacial score (nSPS) is 10.5. The molecule has 0 fully saturated rings. The Bertz CT molecular complexity index is 794. The van der Waals surface area contributed by atoms with Crippen LogP contribution < -0.4 is 15.5 Å². The largest absolute Gasteiger partial charge is 0.496 e. The van der Waals surface area contributed by atoms with Gasteiger partial charge >= 0.3 is 11.8 Å². The number of hydrogen-bond acceptors (Lipinski definition) is 4. The third-order valence-electron chi connectivity index (χ3n) is 2.91. The minimum absolute atomic E-state index is 0.151. The molecule has 0 bridgehead atoms. The maximum atomic E-state index is 11.8. The maximum absolute atomic E-state index is 11.8. The van der Waals surface area contributed by atoms with Gasteiger partial charge in [-0.05, 0) is 24.3 Å². The van der Waals surface area contributed by atoms with Crippen molar-refractivity contribution in [3.8, 4) is 5.75 Å². The summed E-state index contributed by atoms with van der Waals surface area (Å²) in [5.74, 6) is -1.28. The van der Waals surface area contributed by atoms with Gasteiger partial charge in [-0.25, -0.2) is 5.43 Å². The first-order valence-corrected chi connectivity index (χ1v) is 7.50. The first-order chi connectivity index (χ1) is 11.5. The van der Waals surface area contributed by atoms with E-state index in [0.29, 0.717) is 11.3 Å². The number of para-hydroxylation sites is 1. The van der Waals surface area contributed by atoms with Gasteiger partial charge in [-0.2, -0.15) is 5.10 Å². The zero-order chi connectivity index (χ0) is 17.5. The van der Waals surface area contributed by atoms with Crippen LogP contribution in [0.4, 0.5) is 5.69 Å². The Morgan fingerprint density at radius 1 is 1.08 bits per heavy atom. The molecule has 0 atom stereocenters. The number of nitrogens with one attached hydrogen (secondary N) is 2. The van der Waals surface area contributed by atoms with Crippen LogP contribution in [0, 0.1) is 0 Å². The molecule has 24 heavy (non-hydrogen) atoms. The molecule has 2 amide bonds. The Labute approximate surface area is 148 Å². The SMILES string of the molecule is COc1ccccc1/C=N/NC(=O)C(=O)Nc1cccc(Cl)c1Cl. The van der Waals surface area contributed by atoms with Crippen molar-refractivity contribution in [2.75, 3.05) is 12.4 Å². The quantitative estimate of drug-likeness (QED) is 0.496. The predicted octanol–water partition coefficient (Wildman–Crippen LogP) is 3.09. The maximum Gasteiger partial charge on any atom is 0.329 e. The summed E-state index contributed by atoms with van der Waals surface area (Å²) >= 11 is 11.8. The van der Waals surface area contributed by atoms with E-state index in [0.717, 1.165) is 0 Å². The Morgan fingerprint density at radius 2 is 1.83 bits per heavy atom. The lowest BCUT2D eigenvalue weighted by atomic mass is 10.2. The molecule has 8 heteroatoms. The summed E-state index contributed by atoms with van der Waals surface area (Å²) in [5, 5.41) is 6.50. The smallest absolute Gasteiger partial charge is 0.329 e. The molecule has 2 aromatic carbocycles. The lowest BCUT2D eigenvalue weighted by Gasteiger charge is -2.07. The number of rotatable bonds is 4. The van der Waals surface area contributed by atoms with Crippen molar-refractivity contribution in [1.82, 2.24) is 5.43 Å². The number of carbonyl (C=O) groups excluding carboxylic acids is 2. The van der Waals surface area contributed by atoms with Gasteiger partial charge in [0.05, 0.1) is 29.1 Å².